The Labute approximate surface area is 327 Å². The number of oxazole rings is 1. The molecule has 0 amide bonds. The predicted molar refractivity (Wildman–Crippen MR) is 206 cm³/mol. The number of carbonyl (C=O) groups is 2. The molecule has 0 aliphatic rings. The van der Waals surface area contributed by atoms with E-state index in [1.165, 1.54) is 105 Å². The van der Waals surface area contributed by atoms with Crippen LogP contribution in [0.1, 0.15) is 43.4 Å². The third-order valence-electron chi connectivity index (χ3n) is 8.02. The lowest BCUT2D eigenvalue weighted by molar-refractivity contribution is -0.603. The van der Waals surface area contributed by atoms with E-state index >= 15 is 0 Å². The van der Waals surface area contributed by atoms with Crippen molar-refractivity contribution in [2.75, 3.05) is 14.2 Å². The number of aromatic hydroxyl groups is 1. The van der Waals surface area contributed by atoms with E-state index in [4.69, 9.17) is 27.0 Å². The summed E-state index contributed by atoms with van der Waals surface area (Å²) in [6.45, 7) is 15.1. The number of hydrogen-bond donors (Lipinski definition) is 1. The van der Waals surface area contributed by atoms with E-state index < -0.39 is 23.9 Å². The number of methoxy groups -OCH3 is 2. The molecule has 0 aliphatic heterocycles. The highest BCUT2D eigenvalue weighted by atomic mass is 16.5. The molecule has 0 spiro atoms. The molecule has 13 heteroatoms. The number of allylic oxidation sites excluding steroid dienone is 9. The summed E-state index contributed by atoms with van der Waals surface area (Å²) in [5.41, 5.74) is 1.72. The number of rotatable bonds is 12. The molecular weight excluding hydrogens is 723 g/mol. The molecule has 0 bridgehead atoms. The first-order valence-corrected chi connectivity index (χ1v) is 16.5. The van der Waals surface area contributed by atoms with Crippen molar-refractivity contribution in [2.45, 2.75) is 6.04 Å². The fourth-order valence-corrected chi connectivity index (χ4v) is 5.37. The minimum absolute atomic E-state index is 0.00896. The van der Waals surface area contributed by atoms with E-state index in [9.17, 15) is 35.7 Å². The highest BCUT2D eigenvalue weighted by Crippen LogP contribution is 2.29. The van der Waals surface area contributed by atoms with Crippen LogP contribution in [0.25, 0.3) is 38.7 Å². The van der Waals surface area contributed by atoms with Crippen LogP contribution in [-0.4, -0.2) is 37.3 Å². The standard InChI is InChI=1S/C44H27N7O6/c1-49-36(27-47)40(29-17-21-31(22-18-29)42(52)55-3)33(25-45)11-8-9-15-38-44(54)57-39(51(38)35-13-6-5-7-14-35)16-10-12-34(26-46)41(37(28-48)50-2)30-19-23-32(24-20-30)43(53)56-4/h5-24,36H,3-4H3/p+1/b16-10+,34-12+,41-37+. The van der Waals surface area contributed by atoms with Gasteiger partial charge in [-0.2, -0.15) is 15.8 Å². The summed E-state index contributed by atoms with van der Waals surface area (Å²) < 4.78 is 16.7. The van der Waals surface area contributed by atoms with Gasteiger partial charge in [-0.3, -0.25) is 4.85 Å². The van der Waals surface area contributed by atoms with Crippen molar-refractivity contribution >= 4 is 35.2 Å². The molecule has 274 valence electrons. The van der Waals surface area contributed by atoms with Crippen LogP contribution in [0.15, 0.2) is 131 Å². The molecule has 57 heavy (non-hydrogen) atoms. The summed E-state index contributed by atoms with van der Waals surface area (Å²) in [7, 11) is 2.47. The van der Waals surface area contributed by atoms with E-state index in [0.717, 1.165) is 0 Å². The summed E-state index contributed by atoms with van der Waals surface area (Å²) in [6.07, 6.45) is 10.2. The summed E-state index contributed by atoms with van der Waals surface area (Å²) in [6, 6.07) is 27.1. The molecule has 1 aromatic heterocycles. The van der Waals surface area contributed by atoms with Gasteiger partial charge in [0.15, 0.2) is 6.07 Å². The predicted octanol–water partition coefficient (Wildman–Crippen LogP) is 7.51. The molecule has 1 atom stereocenters. The molecule has 13 nitrogen and oxygen atoms in total. The lowest BCUT2D eigenvalue weighted by atomic mass is 9.93. The van der Waals surface area contributed by atoms with Gasteiger partial charge >= 0.3 is 29.8 Å². The van der Waals surface area contributed by atoms with E-state index in [1.54, 1.807) is 34.9 Å². The Hall–Kier alpha value is -9.01. The van der Waals surface area contributed by atoms with Gasteiger partial charge in [-0.05, 0) is 47.5 Å². The number of para-hydroxylation sites is 1. The van der Waals surface area contributed by atoms with Gasteiger partial charge in [-0.25, -0.2) is 26.3 Å². The van der Waals surface area contributed by atoms with Gasteiger partial charge in [0.25, 0.3) is 11.4 Å². The number of aromatic nitrogens is 1. The second-order valence-electron chi connectivity index (χ2n) is 11.3. The Kier molecular flexibility index (Phi) is 14.1. The summed E-state index contributed by atoms with van der Waals surface area (Å²) in [5, 5.41) is 50.5. The number of carbonyl (C=O) groups excluding carboxylic acids is 2. The number of benzene rings is 3. The van der Waals surface area contributed by atoms with Gasteiger partial charge in [0.05, 0.1) is 72.9 Å². The van der Waals surface area contributed by atoms with Crippen LogP contribution < -0.4 is 4.57 Å². The number of nitrogens with zero attached hydrogens (tertiary/aromatic N) is 7. The zero-order chi connectivity index (χ0) is 41.3. The summed E-state index contributed by atoms with van der Waals surface area (Å²) in [5.74, 6) is -1.54. The maximum Gasteiger partial charge on any atom is 0.382 e. The van der Waals surface area contributed by atoms with Gasteiger partial charge in [0.1, 0.15) is 0 Å². The van der Waals surface area contributed by atoms with Crippen LogP contribution in [0.2, 0.25) is 0 Å². The number of ether oxygens (including phenoxy) is 2. The minimum atomic E-state index is -1.33. The van der Waals surface area contributed by atoms with Crippen molar-refractivity contribution < 1.29 is 33.2 Å². The molecule has 4 aromatic rings. The second-order valence-corrected chi connectivity index (χ2v) is 11.3. The zero-order valence-electron chi connectivity index (χ0n) is 30.2. The molecule has 4 rings (SSSR count). The molecule has 1 N–H and O–H groups in total. The zero-order valence-corrected chi connectivity index (χ0v) is 30.2. The van der Waals surface area contributed by atoms with Crippen molar-refractivity contribution in [1.82, 2.24) is 0 Å². The van der Waals surface area contributed by atoms with Gasteiger partial charge in [-0.1, -0.05) is 60.7 Å². The number of nitriles is 4. The normalized spacial score (nSPS) is 12.5. The second kappa shape index (κ2) is 19.7. The van der Waals surface area contributed by atoms with E-state index in [0.29, 0.717) is 16.8 Å². The summed E-state index contributed by atoms with van der Waals surface area (Å²) >= 11 is 0. The number of hydrogen-bond acceptors (Lipinski definition) is 10. The van der Waals surface area contributed by atoms with Crippen molar-refractivity contribution in [3.8, 4) is 35.9 Å². The first-order valence-electron chi connectivity index (χ1n) is 16.5. The van der Waals surface area contributed by atoms with Crippen molar-refractivity contribution in [2.24, 2.45) is 0 Å². The van der Waals surface area contributed by atoms with E-state index in [2.05, 4.69) is 9.69 Å². The van der Waals surface area contributed by atoms with E-state index in [1.807, 2.05) is 24.3 Å². The number of esters is 2. The van der Waals surface area contributed by atoms with Gasteiger partial charge in [-0.15, -0.1) is 4.57 Å². The van der Waals surface area contributed by atoms with Crippen LogP contribution in [0, 0.1) is 58.5 Å². The monoisotopic (exact) mass is 750 g/mol. The Morgan fingerprint density at radius 2 is 1.39 bits per heavy atom. The Balaban J connectivity index is 1.77. The third kappa shape index (κ3) is 9.51. The van der Waals surface area contributed by atoms with Gasteiger partial charge in [0, 0.05) is 23.8 Å². The van der Waals surface area contributed by atoms with Crippen LogP contribution >= 0.6 is 0 Å². The fraction of sp³-hybridized carbons (Fsp3) is 0.0682. The Morgan fingerprint density at radius 1 is 0.789 bits per heavy atom. The maximum absolute atomic E-state index is 11.9. The van der Waals surface area contributed by atoms with Gasteiger partial charge < -0.3 is 19.0 Å². The molecule has 0 radical (unpaired) electrons. The fourth-order valence-electron chi connectivity index (χ4n) is 5.37. The van der Waals surface area contributed by atoms with Crippen molar-refractivity contribution in [1.29, 1.82) is 21.0 Å². The van der Waals surface area contributed by atoms with Crippen molar-refractivity contribution in [3.05, 3.63) is 183 Å². The molecule has 1 unspecified atom stereocenters. The quantitative estimate of drug-likeness (QED) is 0.0498. The lowest BCUT2D eigenvalue weighted by Crippen LogP contribution is -2.34. The van der Waals surface area contributed by atoms with Crippen LogP contribution in [-0.2, 0) is 9.47 Å². The molecule has 0 aliphatic carbocycles. The first-order chi connectivity index (χ1) is 27.7. The Bertz CT molecular complexity index is 2610. The Morgan fingerprint density at radius 3 is 1.89 bits per heavy atom. The molecule has 0 fully saturated rings. The van der Waals surface area contributed by atoms with E-state index in [-0.39, 0.29) is 50.7 Å². The highest BCUT2D eigenvalue weighted by molar-refractivity contribution is 5.92. The molecule has 1 heterocycles. The minimum Gasteiger partial charge on any atom is -0.476 e. The van der Waals surface area contributed by atoms with Gasteiger partial charge in [0.2, 0.25) is 5.69 Å². The highest BCUT2D eigenvalue weighted by Gasteiger charge is 2.28. The molecular formula is C44H28N7O6+. The average Bonchev–Trinajstić information content (AvgIpc) is 3.57. The molecule has 3 aromatic carbocycles. The topological polar surface area (TPSA) is 194 Å². The SMILES string of the molecule is [C-]#[N+]/C(C#N)=C(/C(C#N)=C/C=C/c1oc(O)c(/C=C/C=C/C(C#N)=C(/c2ccc(C(=O)OC)cc2)C(C#N)[N+]#[C-])[n+]1-c1ccccc1)c1ccc(C(=O)OC)cc1. The maximum atomic E-state index is 11.9. The largest absolute Gasteiger partial charge is 0.476 e. The smallest absolute Gasteiger partial charge is 0.382 e. The lowest BCUT2D eigenvalue weighted by Gasteiger charge is -2.08. The van der Waals surface area contributed by atoms with Crippen LogP contribution in [0.4, 0.5) is 0 Å². The van der Waals surface area contributed by atoms with Crippen LogP contribution in [0.3, 0.4) is 0 Å². The molecule has 0 saturated carbocycles. The van der Waals surface area contributed by atoms with Crippen LogP contribution in [0.5, 0.6) is 5.95 Å². The molecule has 0 saturated heterocycles. The first kappa shape index (κ1) is 40.8. The van der Waals surface area contributed by atoms with Crippen molar-refractivity contribution in [3.63, 3.8) is 0 Å². The average molecular weight is 751 g/mol. The third-order valence-corrected chi connectivity index (χ3v) is 8.02. The summed E-state index contributed by atoms with van der Waals surface area (Å²) in [4.78, 5) is 30.5.